The van der Waals surface area contributed by atoms with E-state index in [0.29, 0.717) is 6.54 Å². The number of hydrogen-bond donors (Lipinski definition) is 1. The number of halogens is 3. The molecular formula is C12H12F3NO2. The molecule has 1 aromatic carbocycles. The second kappa shape index (κ2) is 4.97. The van der Waals surface area contributed by atoms with Crippen LogP contribution in [0.25, 0.3) is 0 Å². The number of fused-ring (bicyclic) bond motifs is 1. The van der Waals surface area contributed by atoms with Gasteiger partial charge in [0.2, 0.25) is 0 Å². The number of carbonyl (C=O) groups is 1. The first-order chi connectivity index (χ1) is 8.46. The van der Waals surface area contributed by atoms with Crippen LogP contribution < -0.4 is 5.32 Å². The first kappa shape index (κ1) is 12.9. The van der Waals surface area contributed by atoms with Gasteiger partial charge >= 0.3 is 12.1 Å². The summed E-state index contributed by atoms with van der Waals surface area (Å²) in [5.74, 6) is -0.936. The summed E-state index contributed by atoms with van der Waals surface area (Å²) in [5.41, 5.74) is 2.21. The average Bonchev–Trinajstić information content (AvgIpc) is 2.34. The first-order valence-electron chi connectivity index (χ1n) is 5.52. The monoisotopic (exact) mass is 259 g/mol. The fourth-order valence-corrected chi connectivity index (χ4v) is 1.83. The molecule has 1 heterocycles. The lowest BCUT2D eigenvalue weighted by Gasteiger charge is -2.17. The fourth-order valence-electron chi connectivity index (χ4n) is 1.83. The maximum absolute atomic E-state index is 11.9. The van der Waals surface area contributed by atoms with Gasteiger partial charge in [0.1, 0.15) is 0 Å². The molecule has 0 fully saturated rings. The van der Waals surface area contributed by atoms with E-state index in [1.54, 1.807) is 12.1 Å². The lowest BCUT2D eigenvalue weighted by atomic mass is 9.98. The zero-order valence-corrected chi connectivity index (χ0v) is 9.51. The zero-order valence-electron chi connectivity index (χ0n) is 9.51. The highest BCUT2D eigenvalue weighted by atomic mass is 19.4. The maximum Gasteiger partial charge on any atom is 0.422 e. The van der Waals surface area contributed by atoms with Gasteiger partial charge in [0, 0.05) is 6.54 Å². The van der Waals surface area contributed by atoms with Gasteiger partial charge in [-0.25, -0.2) is 4.79 Å². The van der Waals surface area contributed by atoms with Gasteiger partial charge in [-0.3, -0.25) is 0 Å². The lowest BCUT2D eigenvalue weighted by molar-refractivity contribution is -0.161. The molecule has 3 nitrogen and oxygen atoms in total. The van der Waals surface area contributed by atoms with Gasteiger partial charge in [-0.2, -0.15) is 13.2 Å². The smallest absolute Gasteiger partial charge is 0.422 e. The highest BCUT2D eigenvalue weighted by molar-refractivity contribution is 5.89. The highest BCUT2D eigenvalue weighted by Crippen LogP contribution is 2.18. The van der Waals surface area contributed by atoms with Crippen LogP contribution in [0.5, 0.6) is 0 Å². The van der Waals surface area contributed by atoms with Crippen LogP contribution >= 0.6 is 0 Å². The number of esters is 1. The van der Waals surface area contributed by atoms with Crippen LogP contribution in [0.3, 0.4) is 0 Å². The summed E-state index contributed by atoms with van der Waals surface area (Å²) < 4.78 is 40.0. The standard InChI is InChI=1S/C12H12F3NO2/c13-12(14,15)7-18-11(17)9-1-2-10-6-16-4-3-8(10)5-9/h1-2,5,16H,3-4,6-7H2. The molecule has 0 saturated heterocycles. The Bertz CT molecular complexity index is 457. The van der Waals surface area contributed by atoms with Crippen LogP contribution in [0.2, 0.25) is 0 Å². The van der Waals surface area contributed by atoms with Crippen LogP contribution in [0.1, 0.15) is 21.5 Å². The molecule has 2 rings (SSSR count). The van der Waals surface area contributed by atoms with Crippen molar-refractivity contribution in [2.75, 3.05) is 13.2 Å². The summed E-state index contributed by atoms with van der Waals surface area (Å²) in [6, 6.07) is 4.84. The van der Waals surface area contributed by atoms with Crippen LogP contribution in [0.15, 0.2) is 18.2 Å². The summed E-state index contributed by atoms with van der Waals surface area (Å²) in [4.78, 5) is 11.4. The number of hydrogen-bond acceptors (Lipinski definition) is 3. The molecule has 98 valence electrons. The molecule has 0 radical (unpaired) electrons. The molecule has 0 bridgehead atoms. The number of nitrogens with one attached hydrogen (secondary N) is 1. The Labute approximate surface area is 102 Å². The van der Waals surface area contributed by atoms with Crippen molar-refractivity contribution in [2.45, 2.75) is 19.1 Å². The van der Waals surface area contributed by atoms with Crippen molar-refractivity contribution in [3.63, 3.8) is 0 Å². The van der Waals surface area contributed by atoms with E-state index in [0.717, 1.165) is 24.1 Å². The first-order valence-corrected chi connectivity index (χ1v) is 5.52. The second-order valence-corrected chi connectivity index (χ2v) is 4.10. The number of rotatable bonds is 2. The molecule has 0 unspecified atom stereocenters. The molecule has 0 aromatic heterocycles. The minimum absolute atomic E-state index is 0.167. The van der Waals surface area contributed by atoms with Gasteiger partial charge in [0.25, 0.3) is 0 Å². The summed E-state index contributed by atoms with van der Waals surface area (Å²) in [6.45, 7) is -0.0360. The summed E-state index contributed by atoms with van der Waals surface area (Å²) in [5, 5.41) is 3.17. The summed E-state index contributed by atoms with van der Waals surface area (Å²) >= 11 is 0. The topological polar surface area (TPSA) is 38.3 Å². The molecular weight excluding hydrogens is 247 g/mol. The molecule has 0 spiro atoms. The van der Waals surface area contributed by atoms with E-state index in [4.69, 9.17) is 0 Å². The average molecular weight is 259 g/mol. The van der Waals surface area contributed by atoms with Crippen LogP contribution in [-0.4, -0.2) is 25.3 Å². The van der Waals surface area contributed by atoms with Crippen LogP contribution in [0.4, 0.5) is 13.2 Å². The third-order valence-corrected chi connectivity index (χ3v) is 2.70. The molecule has 6 heteroatoms. The molecule has 0 saturated carbocycles. The van der Waals surface area contributed by atoms with Crippen LogP contribution in [0, 0.1) is 0 Å². The predicted octanol–water partition coefficient (Wildman–Crippen LogP) is 2.05. The van der Waals surface area contributed by atoms with E-state index in [-0.39, 0.29) is 5.56 Å². The number of ether oxygens (including phenoxy) is 1. The second-order valence-electron chi connectivity index (χ2n) is 4.10. The van der Waals surface area contributed by atoms with Gasteiger partial charge in [-0.05, 0) is 36.2 Å². The van der Waals surface area contributed by atoms with Gasteiger partial charge in [-0.1, -0.05) is 6.07 Å². The van der Waals surface area contributed by atoms with Gasteiger partial charge in [0.15, 0.2) is 6.61 Å². The Balaban J connectivity index is 2.07. The quantitative estimate of drug-likeness (QED) is 0.826. The zero-order chi connectivity index (χ0) is 13.2. The van der Waals surface area contributed by atoms with Crippen molar-refractivity contribution in [3.8, 4) is 0 Å². The summed E-state index contributed by atoms with van der Waals surface area (Å²) in [6.07, 6.45) is -3.73. The molecule has 0 amide bonds. The normalized spacial score (nSPS) is 15.1. The van der Waals surface area contributed by atoms with E-state index in [2.05, 4.69) is 10.1 Å². The number of carbonyl (C=O) groups excluding carboxylic acids is 1. The Morgan fingerprint density at radius 1 is 1.33 bits per heavy atom. The van der Waals surface area contributed by atoms with E-state index >= 15 is 0 Å². The Morgan fingerprint density at radius 3 is 2.83 bits per heavy atom. The molecule has 1 aromatic rings. The highest BCUT2D eigenvalue weighted by Gasteiger charge is 2.29. The summed E-state index contributed by atoms with van der Waals surface area (Å²) in [7, 11) is 0. The molecule has 18 heavy (non-hydrogen) atoms. The van der Waals surface area contributed by atoms with E-state index < -0.39 is 18.8 Å². The van der Waals surface area contributed by atoms with Crippen molar-refractivity contribution >= 4 is 5.97 Å². The Morgan fingerprint density at radius 2 is 2.11 bits per heavy atom. The molecule has 0 aliphatic carbocycles. The van der Waals surface area contributed by atoms with Crippen molar-refractivity contribution in [2.24, 2.45) is 0 Å². The van der Waals surface area contributed by atoms with E-state index in [1.807, 2.05) is 0 Å². The molecule has 1 N–H and O–H groups in total. The van der Waals surface area contributed by atoms with Crippen molar-refractivity contribution in [3.05, 3.63) is 34.9 Å². The lowest BCUT2D eigenvalue weighted by Crippen LogP contribution is -2.24. The van der Waals surface area contributed by atoms with E-state index in [1.165, 1.54) is 6.07 Å². The maximum atomic E-state index is 11.9. The Hall–Kier alpha value is -1.56. The third-order valence-electron chi connectivity index (χ3n) is 2.70. The van der Waals surface area contributed by atoms with Gasteiger partial charge in [-0.15, -0.1) is 0 Å². The fraction of sp³-hybridized carbons (Fsp3) is 0.417. The number of alkyl halides is 3. The van der Waals surface area contributed by atoms with Crippen molar-refractivity contribution in [1.82, 2.24) is 5.32 Å². The van der Waals surface area contributed by atoms with Gasteiger partial charge < -0.3 is 10.1 Å². The molecule has 1 aliphatic rings. The molecule has 1 aliphatic heterocycles. The van der Waals surface area contributed by atoms with Crippen molar-refractivity contribution < 1.29 is 22.7 Å². The Kier molecular flexibility index (Phi) is 3.56. The third kappa shape index (κ3) is 3.22. The number of benzene rings is 1. The van der Waals surface area contributed by atoms with E-state index in [9.17, 15) is 18.0 Å². The van der Waals surface area contributed by atoms with Gasteiger partial charge in [0.05, 0.1) is 5.56 Å². The molecule has 0 atom stereocenters. The SMILES string of the molecule is O=C(OCC(F)(F)F)c1ccc2c(c1)CCNC2. The minimum Gasteiger partial charge on any atom is -0.452 e. The predicted molar refractivity (Wildman–Crippen MR) is 58.2 cm³/mol. The largest absolute Gasteiger partial charge is 0.452 e. The minimum atomic E-state index is -4.49. The van der Waals surface area contributed by atoms with Crippen LogP contribution in [-0.2, 0) is 17.7 Å². The van der Waals surface area contributed by atoms with Crippen molar-refractivity contribution in [1.29, 1.82) is 0 Å².